The Balaban J connectivity index is 1.79. The van der Waals surface area contributed by atoms with E-state index < -0.39 is 29.6 Å². The Labute approximate surface area is 169 Å². The maximum absolute atomic E-state index is 14.0. The summed E-state index contributed by atoms with van der Waals surface area (Å²) >= 11 is 0. The van der Waals surface area contributed by atoms with Crippen molar-refractivity contribution >= 4 is 18.3 Å². The first-order chi connectivity index (χ1) is 13.7. The molecule has 1 heterocycles. The molecule has 1 fully saturated rings. The summed E-state index contributed by atoms with van der Waals surface area (Å²) in [5.41, 5.74) is 1.38. The molecule has 0 saturated carbocycles. The van der Waals surface area contributed by atoms with E-state index in [9.17, 15) is 18.8 Å². The van der Waals surface area contributed by atoms with Gasteiger partial charge in [0.25, 0.3) is 0 Å². The minimum atomic E-state index is -0.842. The number of nitrogens with zero attached hydrogens (tertiary/aromatic N) is 1. The van der Waals surface area contributed by atoms with Crippen LogP contribution in [0.5, 0.6) is 0 Å². The zero-order valence-corrected chi connectivity index (χ0v) is 16.7. The predicted molar refractivity (Wildman–Crippen MR) is 107 cm³/mol. The van der Waals surface area contributed by atoms with Crippen molar-refractivity contribution in [3.8, 4) is 11.1 Å². The van der Waals surface area contributed by atoms with Gasteiger partial charge in [0.2, 0.25) is 5.91 Å². The standard InChI is InChI=1S/C23H24FNO4/c1-23(2,3)29-22(28)25-18(13-17(14-26)21(25)27)12-15-8-10-16(11-9-15)19-6-4-5-7-20(19)24/h4-11,14,17-18H,12-13H2,1-3H3/t17?,18-/m1/s1. The topological polar surface area (TPSA) is 63.7 Å². The van der Waals surface area contributed by atoms with Gasteiger partial charge in [-0.1, -0.05) is 42.5 Å². The van der Waals surface area contributed by atoms with Crippen molar-refractivity contribution in [3.05, 3.63) is 59.9 Å². The first-order valence-corrected chi connectivity index (χ1v) is 9.55. The molecule has 0 aliphatic carbocycles. The van der Waals surface area contributed by atoms with Crippen LogP contribution in [0, 0.1) is 11.7 Å². The summed E-state index contributed by atoms with van der Waals surface area (Å²) in [6.45, 7) is 5.16. The Kier molecular flexibility index (Phi) is 5.82. The van der Waals surface area contributed by atoms with Crippen molar-refractivity contribution in [1.82, 2.24) is 4.90 Å². The number of imide groups is 1. The Hall–Kier alpha value is -3.02. The van der Waals surface area contributed by atoms with Gasteiger partial charge in [-0.05, 0) is 50.8 Å². The summed E-state index contributed by atoms with van der Waals surface area (Å²) in [6, 6.07) is 13.4. The Morgan fingerprint density at radius 2 is 1.83 bits per heavy atom. The van der Waals surface area contributed by atoms with Crippen LogP contribution >= 0.6 is 0 Å². The molecular weight excluding hydrogens is 373 g/mol. The van der Waals surface area contributed by atoms with Crippen molar-refractivity contribution in [2.24, 2.45) is 5.92 Å². The van der Waals surface area contributed by atoms with Gasteiger partial charge in [-0.2, -0.15) is 0 Å². The molecule has 0 N–H and O–H groups in total. The molecule has 1 aliphatic heterocycles. The monoisotopic (exact) mass is 397 g/mol. The molecule has 29 heavy (non-hydrogen) atoms. The highest BCUT2D eigenvalue weighted by Gasteiger charge is 2.44. The maximum Gasteiger partial charge on any atom is 0.417 e. The van der Waals surface area contributed by atoms with Crippen LogP contribution in [0.15, 0.2) is 48.5 Å². The first kappa shape index (κ1) is 20.7. The predicted octanol–water partition coefficient (Wildman–Crippen LogP) is 4.39. The van der Waals surface area contributed by atoms with Gasteiger partial charge < -0.3 is 9.53 Å². The molecule has 0 spiro atoms. The van der Waals surface area contributed by atoms with Gasteiger partial charge in [0.15, 0.2) is 0 Å². The fourth-order valence-electron chi connectivity index (χ4n) is 3.48. The summed E-state index contributed by atoms with van der Waals surface area (Å²) in [5.74, 6) is -1.67. The highest BCUT2D eigenvalue weighted by molar-refractivity contribution is 6.02. The third-order valence-corrected chi connectivity index (χ3v) is 4.81. The van der Waals surface area contributed by atoms with E-state index in [1.807, 2.05) is 12.1 Å². The SMILES string of the molecule is CC(C)(C)OC(=O)N1C(=O)C(C=O)C[C@H]1Cc1ccc(-c2ccccc2F)cc1. The summed E-state index contributed by atoms with van der Waals surface area (Å²) in [6.07, 6.45) is 0.504. The molecule has 2 aromatic rings. The number of carbonyl (C=O) groups excluding carboxylic acids is 3. The number of hydrogen-bond acceptors (Lipinski definition) is 4. The number of ether oxygens (including phenoxy) is 1. The lowest BCUT2D eigenvalue weighted by Crippen LogP contribution is -2.43. The number of halogens is 1. The van der Waals surface area contributed by atoms with Gasteiger partial charge in [-0.3, -0.25) is 4.79 Å². The van der Waals surface area contributed by atoms with E-state index in [2.05, 4.69) is 0 Å². The summed E-state index contributed by atoms with van der Waals surface area (Å²) in [5, 5.41) is 0. The normalized spacial score (nSPS) is 19.3. The minimum Gasteiger partial charge on any atom is -0.443 e. The molecule has 3 rings (SSSR count). The van der Waals surface area contributed by atoms with Crippen LogP contribution in [0.3, 0.4) is 0 Å². The number of rotatable bonds is 4. The van der Waals surface area contributed by atoms with Gasteiger partial charge in [0, 0.05) is 11.6 Å². The molecule has 0 aromatic heterocycles. The highest BCUT2D eigenvalue weighted by Crippen LogP contribution is 2.29. The largest absolute Gasteiger partial charge is 0.443 e. The second kappa shape index (κ2) is 8.15. The number of aldehydes is 1. The van der Waals surface area contributed by atoms with Crippen LogP contribution in [0.4, 0.5) is 9.18 Å². The summed E-state index contributed by atoms with van der Waals surface area (Å²) in [4.78, 5) is 37.4. The number of hydrogen-bond donors (Lipinski definition) is 0. The van der Waals surface area contributed by atoms with Crippen molar-refractivity contribution in [2.45, 2.75) is 45.3 Å². The number of likely N-dealkylation sites (tertiary alicyclic amines) is 1. The second-order valence-corrected chi connectivity index (χ2v) is 8.20. The van der Waals surface area contributed by atoms with E-state index in [1.165, 1.54) is 6.07 Å². The molecule has 0 radical (unpaired) electrons. The lowest BCUT2D eigenvalue weighted by Gasteiger charge is -2.27. The van der Waals surface area contributed by atoms with Crippen LogP contribution in [0.2, 0.25) is 0 Å². The molecule has 1 saturated heterocycles. The van der Waals surface area contributed by atoms with E-state index in [4.69, 9.17) is 4.74 Å². The van der Waals surface area contributed by atoms with Crippen molar-refractivity contribution in [1.29, 1.82) is 0 Å². The molecular formula is C23H24FNO4. The van der Waals surface area contributed by atoms with Crippen LogP contribution in [0.1, 0.15) is 32.8 Å². The van der Waals surface area contributed by atoms with Gasteiger partial charge in [-0.15, -0.1) is 0 Å². The fraction of sp³-hybridized carbons (Fsp3) is 0.348. The van der Waals surface area contributed by atoms with Crippen molar-refractivity contribution < 1.29 is 23.5 Å². The molecule has 6 heteroatoms. The van der Waals surface area contributed by atoms with Gasteiger partial charge in [0.05, 0.1) is 5.92 Å². The molecule has 2 aromatic carbocycles. The van der Waals surface area contributed by atoms with Gasteiger partial charge >= 0.3 is 6.09 Å². The lowest BCUT2D eigenvalue weighted by atomic mass is 9.98. The molecule has 2 atom stereocenters. The van der Waals surface area contributed by atoms with Crippen molar-refractivity contribution in [2.75, 3.05) is 0 Å². The van der Waals surface area contributed by atoms with Gasteiger partial charge in [0.1, 0.15) is 17.7 Å². The first-order valence-electron chi connectivity index (χ1n) is 9.55. The quantitative estimate of drug-likeness (QED) is 0.567. The average molecular weight is 397 g/mol. The van der Waals surface area contributed by atoms with Gasteiger partial charge in [-0.25, -0.2) is 14.1 Å². The molecule has 1 unspecified atom stereocenters. The molecule has 5 nitrogen and oxygen atoms in total. The van der Waals surface area contributed by atoms with E-state index in [0.29, 0.717) is 18.3 Å². The fourth-order valence-corrected chi connectivity index (χ4v) is 3.48. The molecule has 152 valence electrons. The molecule has 1 aliphatic rings. The Morgan fingerprint density at radius 3 is 2.41 bits per heavy atom. The zero-order chi connectivity index (χ0) is 21.2. The maximum atomic E-state index is 14.0. The van der Waals surface area contributed by atoms with E-state index in [0.717, 1.165) is 16.0 Å². The Bertz CT molecular complexity index is 917. The molecule has 0 bridgehead atoms. The van der Waals surface area contributed by atoms with Crippen LogP contribution < -0.4 is 0 Å². The number of amides is 2. The second-order valence-electron chi connectivity index (χ2n) is 8.20. The van der Waals surface area contributed by atoms with Crippen LogP contribution in [-0.4, -0.2) is 34.8 Å². The zero-order valence-electron chi connectivity index (χ0n) is 16.7. The third kappa shape index (κ3) is 4.70. The minimum absolute atomic E-state index is 0.261. The summed E-state index contributed by atoms with van der Waals surface area (Å²) < 4.78 is 19.3. The Morgan fingerprint density at radius 1 is 1.17 bits per heavy atom. The summed E-state index contributed by atoms with van der Waals surface area (Å²) in [7, 11) is 0. The van der Waals surface area contributed by atoms with E-state index in [1.54, 1.807) is 51.1 Å². The highest BCUT2D eigenvalue weighted by atomic mass is 19.1. The number of carbonyl (C=O) groups is 3. The van der Waals surface area contributed by atoms with Crippen molar-refractivity contribution in [3.63, 3.8) is 0 Å². The van der Waals surface area contributed by atoms with E-state index in [-0.39, 0.29) is 12.2 Å². The smallest absolute Gasteiger partial charge is 0.417 e. The van der Waals surface area contributed by atoms with Crippen LogP contribution in [-0.2, 0) is 20.7 Å². The van der Waals surface area contributed by atoms with Crippen LogP contribution in [0.25, 0.3) is 11.1 Å². The lowest BCUT2D eigenvalue weighted by molar-refractivity contribution is -0.133. The average Bonchev–Trinajstić information content (AvgIpc) is 2.97. The third-order valence-electron chi connectivity index (χ3n) is 4.81. The van der Waals surface area contributed by atoms with E-state index >= 15 is 0 Å². The number of benzene rings is 2. The molecule has 2 amide bonds.